The lowest BCUT2D eigenvalue weighted by Crippen LogP contribution is -2.66. The molecule has 4 fully saturated rings. The smallest absolute Gasteiger partial charge is 0.353 e. The molecule has 6 N–H and O–H groups in total. The molecule has 1 aromatic heterocycles. The van der Waals surface area contributed by atoms with Crippen LogP contribution in [0.1, 0.15) is 33.1 Å². The van der Waals surface area contributed by atoms with Gasteiger partial charge in [0.2, 0.25) is 17.7 Å². The summed E-state index contributed by atoms with van der Waals surface area (Å²) in [5.41, 5.74) is 5.82. The van der Waals surface area contributed by atoms with E-state index in [0.29, 0.717) is 31.0 Å². The number of amides is 3. The number of carbonyl (C=O) groups excluding carboxylic acids is 3. The summed E-state index contributed by atoms with van der Waals surface area (Å²) in [4.78, 5) is 55.3. The van der Waals surface area contributed by atoms with E-state index in [-0.39, 0.29) is 71.2 Å². The molecule has 9 atom stereocenters. The predicted octanol–water partition coefficient (Wildman–Crippen LogP) is -2.03. The van der Waals surface area contributed by atoms with Gasteiger partial charge in [-0.15, -0.1) is 16.9 Å². The molecule has 4 aliphatic heterocycles. The molecule has 0 bridgehead atoms. The van der Waals surface area contributed by atoms with Crippen LogP contribution in [-0.2, 0) is 25.7 Å². The number of fused-ring (bicyclic) bond motifs is 2. The number of nitrogens with zero attached hydrogens (tertiary/aromatic N) is 6. The van der Waals surface area contributed by atoms with Gasteiger partial charge in [0.1, 0.15) is 18.6 Å². The molecule has 0 spiro atoms. The SMILES string of the molecule is C[C@@H](NC(=O)Cn1cnnn1)[C@H]1C(=O)N2C(C(=O)O)=C(S[C@@H]3CN[C@H](C(=O)N4C[C@H]5C[C@H](N)CC5(CO)C4)C3)[C@H](C)[C@H]12. The molecule has 16 heteroatoms. The Hall–Kier alpha value is -3.08. The maximum absolute atomic E-state index is 13.4. The summed E-state index contributed by atoms with van der Waals surface area (Å²) in [6.07, 6.45) is 3.38. The summed E-state index contributed by atoms with van der Waals surface area (Å²) < 4.78 is 1.27. The number of tetrazole rings is 1. The summed E-state index contributed by atoms with van der Waals surface area (Å²) in [5.74, 6) is -2.45. The van der Waals surface area contributed by atoms with Crippen molar-refractivity contribution in [1.29, 1.82) is 0 Å². The Balaban J connectivity index is 1.09. The topological polar surface area (TPSA) is 209 Å². The Morgan fingerprint density at radius 1 is 1.33 bits per heavy atom. The largest absolute Gasteiger partial charge is 0.477 e. The lowest BCUT2D eigenvalue weighted by atomic mass is 9.78. The first-order valence-corrected chi connectivity index (χ1v) is 15.3. The molecule has 15 nitrogen and oxygen atoms in total. The summed E-state index contributed by atoms with van der Waals surface area (Å²) in [6, 6.07) is -1.23. The molecule has 1 aliphatic carbocycles. The van der Waals surface area contributed by atoms with Gasteiger partial charge in [-0.3, -0.25) is 14.4 Å². The fourth-order valence-electron chi connectivity index (χ4n) is 7.84. The number of nitrogens with one attached hydrogen (secondary N) is 2. The number of nitrogens with two attached hydrogens (primary N) is 1. The number of hydrogen-bond acceptors (Lipinski definition) is 11. The van der Waals surface area contributed by atoms with Crippen LogP contribution in [0, 0.1) is 23.2 Å². The van der Waals surface area contributed by atoms with Gasteiger partial charge in [0.15, 0.2) is 0 Å². The van der Waals surface area contributed by atoms with Crippen molar-refractivity contribution in [3.05, 3.63) is 16.9 Å². The number of aliphatic hydroxyl groups excluding tert-OH is 1. The number of carboxylic acid groups (broad SMARTS) is 1. The first-order chi connectivity index (χ1) is 20.0. The second kappa shape index (κ2) is 10.9. The average Bonchev–Trinajstić information content (AvgIpc) is 3.74. The number of β-lactam (4-membered cyclic amide) rings is 1. The van der Waals surface area contributed by atoms with Crippen LogP contribution < -0.4 is 16.4 Å². The third-order valence-electron chi connectivity index (χ3n) is 9.79. The first kappa shape index (κ1) is 29.0. The summed E-state index contributed by atoms with van der Waals surface area (Å²) >= 11 is 1.43. The minimum Gasteiger partial charge on any atom is -0.477 e. The highest BCUT2D eigenvalue weighted by Crippen LogP contribution is 2.52. The molecule has 3 amide bonds. The van der Waals surface area contributed by atoms with Crippen LogP contribution in [0.4, 0.5) is 0 Å². The predicted molar refractivity (Wildman–Crippen MR) is 148 cm³/mol. The Morgan fingerprint density at radius 2 is 2.12 bits per heavy atom. The third-order valence-corrected chi connectivity index (χ3v) is 11.3. The second-order valence-corrected chi connectivity index (χ2v) is 13.8. The van der Waals surface area contributed by atoms with Crippen molar-refractivity contribution in [2.75, 3.05) is 26.2 Å². The van der Waals surface area contributed by atoms with Gasteiger partial charge in [-0.05, 0) is 42.5 Å². The van der Waals surface area contributed by atoms with Crippen molar-refractivity contribution in [2.24, 2.45) is 28.9 Å². The van der Waals surface area contributed by atoms with E-state index in [2.05, 4.69) is 26.2 Å². The van der Waals surface area contributed by atoms with E-state index in [1.165, 1.54) is 27.7 Å². The first-order valence-electron chi connectivity index (χ1n) is 14.4. The minimum absolute atomic E-state index is 0.00524. The number of carbonyl (C=O) groups is 4. The zero-order valence-corrected chi connectivity index (χ0v) is 24.4. The van der Waals surface area contributed by atoms with Crippen molar-refractivity contribution in [1.82, 2.24) is 40.6 Å². The highest BCUT2D eigenvalue weighted by molar-refractivity contribution is 8.03. The fourth-order valence-corrected chi connectivity index (χ4v) is 9.32. The van der Waals surface area contributed by atoms with Crippen LogP contribution in [0.3, 0.4) is 0 Å². The van der Waals surface area contributed by atoms with Gasteiger partial charge in [-0.1, -0.05) is 6.92 Å². The lowest BCUT2D eigenvalue weighted by Gasteiger charge is -2.47. The molecule has 1 aromatic rings. The van der Waals surface area contributed by atoms with Crippen LogP contribution >= 0.6 is 11.8 Å². The van der Waals surface area contributed by atoms with Crippen LogP contribution in [0.25, 0.3) is 0 Å². The highest BCUT2D eigenvalue weighted by atomic mass is 32.2. The van der Waals surface area contributed by atoms with E-state index in [4.69, 9.17) is 5.73 Å². The van der Waals surface area contributed by atoms with Crippen molar-refractivity contribution < 1.29 is 29.4 Å². The van der Waals surface area contributed by atoms with Crippen LogP contribution in [0.5, 0.6) is 0 Å². The van der Waals surface area contributed by atoms with E-state index in [1.54, 1.807) is 6.92 Å². The van der Waals surface area contributed by atoms with E-state index in [1.807, 2.05) is 11.8 Å². The molecular formula is C26H37N9O6S. The second-order valence-electron chi connectivity index (χ2n) is 12.5. The monoisotopic (exact) mass is 603 g/mol. The van der Waals surface area contributed by atoms with Gasteiger partial charge in [-0.25, -0.2) is 9.48 Å². The molecule has 0 aromatic carbocycles. The van der Waals surface area contributed by atoms with Gasteiger partial charge in [-0.2, -0.15) is 0 Å². The molecule has 6 rings (SSSR count). The van der Waals surface area contributed by atoms with Gasteiger partial charge in [0.05, 0.1) is 24.6 Å². The molecule has 5 aliphatic rings. The maximum Gasteiger partial charge on any atom is 0.353 e. The number of thioether (sulfide) groups is 1. The Morgan fingerprint density at radius 3 is 2.79 bits per heavy atom. The Kier molecular flexibility index (Phi) is 7.52. The van der Waals surface area contributed by atoms with Crippen LogP contribution in [-0.4, -0.2) is 120 Å². The number of likely N-dealkylation sites (tertiary alicyclic amines) is 1. The lowest BCUT2D eigenvalue weighted by molar-refractivity contribution is -0.158. The number of carboxylic acids is 1. The number of aliphatic hydroxyl groups is 1. The number of aromatic nitrogens is 4. The average molecular weight is 604 g/mol. The number of rotatable bonds is 9. The van der Waals surface area contributed by atoms with Gasteiger partial charge < -0.3 is 36.4 Å². The minimum atomic E-state index is -1.16. The molecule has 3 saturated heterocycles. The molecule has 0 radical (unpaired) electrons. The Bertz CT molecular complexity index is 1310. The zero-order valence-electron chi connectivity index (χ0n) is 23.5. The van der Waals surface area contributed by atoms with Crippen molar-refractivity contribution in [3.63, 3.8) is 0 Å². The van der Waals surface area contributed by atoms with Crippen LogP contribution in [0.15, 0.2) is 16.9 Å². The molecule has 5 heterocycles. The normalized spacial score (nSPS) is 36.2. The summed E-state index contributed by atoms with van der Waals surface area (Å²) in [6.45, 7) is 5.22. The maximum atomic E-state index is 13.4. The van der Waals surface area contributed by atoms with Crippen molar-refractivity contribution >= 4 is 35.5 Å². The Labute approximate surface area is 246 Å². The third kappa shape index (κ3) is 4.77. The van der Waals surface area contributed by atoms with Crippen molar-refractivity contribution in [3.8, 4) is 0 Å². The molecule has 1 unspecified atom stereocenters. The van der Waals surface area contributed by atoms with Crippen molar-refractivity contribution in [2.45, 2.75) is 69.1 Å². The molecule has 228 valence electrons. The molecule has 42 heavy (non-hydrogen) atoms. The van der Waals surface area contributed by atoms with Crippen LogP contribution in [0.2, 0.25) is 0 Å². The van der Waals surface area contributed by atoms with Gasteiger partial charge in [0, 0.05) is 53.2 Å². The summed E-state index contributed by atoms with van der Waals surface area (Å²) in [7, 11) is 0. The highest BCUT2D eigenvalue weighted by Gasteiger charge is 2.61. The quantitative estimate of drug-likeness (QED) is 0.194. The van der Waals surface area contributed by atoms with Gasteiger partial charge >= 0.3 is 5.97 Å². The van der Waals surface area contributed by atoms with E-state index >= 15 is 0 Å². The number of aliphatic carboxylic acids is 1. The fraction of sp³-hybridized carbons (Fsp3) is 0.731. The van der Waals surface area contributed by atoms with Gasteiger partial charge in [0.25, 0.3) is 0 Å². The number of hydrogen-bond donors (Lipinski definition) is 5. The van der Waals surface area contributed by atoms with E-state index in [9.17, 15) is 29.4 Å². The standard InChI is InChI=1S/C26H37N9O6S/c1-12-20-19(13(2)30-18(37)8-34-11-29-31-32-34)24(39)35(20)21(25(40)41)22(12)42-16-4-17(28-6-16)23(38)33-7-14-3-15(27)5-26(14,9-33)10-36/h11-17,19-20,28,36H,3-10,27H2,1-2H3,(H,30,37)(H,40,41)/t12-,13-,14-,15+,16+,17+,19-,20-,26?/m1/s1. The van der Waals surface area contributed by atoms with E-state index < -0.39 is 24.0 Å². The van der Waals surface area contributed by atoms with E-state index in [0.717, 1.165) is 12.8 Å². The molecule has 1 saturated carbocycles. The zero-order chi connectivity index (χ0) is 29.9. The molecular weight excluding hydrogens is 566 g/mol. The summed E-state index contributed by atoms with van der Waals surface area (Å²) in [5, 5.41) is 37.0.